The Hall–Kier alpha value is -1.84. The minimum Gasteiger partial charge on any atom is -0.360 e. The Bertz CT molecular complexity index is 504. The average molecular weight is 228 g/mol. The molecule has 4 heteroatoms. The van der Waals surface area contributed by atoms with Crippen molar-refractivity contribution < 1.29 is 0 Å². The summed E-state index contributed by atoms with van der Waals surface area (Å²) in [7, 11) is 0. The number of imidazole rings is 1. The zero-order valence-corrected chi connectivity index (χ0v) is 9.74. The third-order valence-electron chi connectivity index (χ3n) is 3.26. The molecule has 0 amide bonds. The predicted octanol–water partition coefficient (Wildman–Crippen LogP) is 2.18. The molecular weight excluding hydrogens is 212 g/mol. The lowest BCUT2D eigenvalue weighted by molar-refractivity contribution is 0.505. The van der Waals surface area contributed by atoms with Crippen LogP contribution in [-0.4, -0.2) is 33.8 Å². The Kier molecular flexibility index (Phi) is 2.55. The lowest BCUT2D eigenvalue weighted by atomic mass is 10.3. The van der Waals surface area contributed by atoms with Crippen LogP contribution in [0.4, 0.5) is 0 Å². The molecule has 3 rings (SSSR count). The second-order valence-corrected chi connectivity index (χ2v) is 4.52. The molecule has 0 saturated carbocycles. The van der Waals surface area contributed by atoms with Gasteiger partial charge in [0.15, 0.2) is 0 Å². The van der Waals surface area contributed by atoms with Crippen LogP contribution in [0.25, 0.3) is 11.0 Å². The molecule has 0 atom stereocenters. The van der Waals surface area contributed by atoms with Gasteiger partial charge in [-0.2, -0.15) is 0 Å². The van der Waals surface area contributed by atoms with Gasteiger partial charge in [-0.3, -0.25) is 5.41 Å². The van der Waals surface area contributed by atoms with Crippen molar-refractivity contribution in [3.05, 3.63) is 30.1 Å². The number of nitrogens with zero attached hydrogens (tertiary/aromatic N) is 2. The molecule has 1 aromatic heterocycles. The first-order valence-corrected chi connectivity index (χ1v) is 6.09. The summed E-state index contributed by atoms with van der Waals surface area (Å²) >= 11 is 0. The highest BCUT2D eigenvalue weighted by molar-refractivity contribution is 5.82. The van der Waals surface area contributed by atoms with E-state index in [0.29, 0.717) is 12.3 Å². The van der Waals surface area contributed by atoms with Crippen molar-refractivity contribution in [2.24, 2.45) is 0 Å². The van der Waals surface area contributed by atoms with Gasteiger partial charge >= 0.3 is 0 Å². The first-order chi connectivity index (χ1) is 8.33. The summed E-state index contributed by atoms with van der Waals surface area (Å²) in [6.07, 6.45) is 3.03. The van der Waals surface area contributed by atoms with E-state index in [9.17, 15) is 0 Å². The summed E-state index contributed by atoms with van der Waals surface area (Å²) in [5, 5.41) is 8.06. The molecule has 1 saturated heterocycles. The number of H-pyrrole nitrogens is 1. The minimum absolute atomic E-state index is 0.606. The number of amidine groups is 1. The van der Waals surface area contributed by atoms with Gasteiger partial charge in [-0.05, 0) is 25.0 Å². The van der Waals surface area contributed by atoms with Crippen LogP contribution in [0.1, 0.15) is 18.7 Å². The molecule has 2 aromatic rings. The summed E-state index contributed by atoms with van der Waals surface area (Å²) in [6.45, 7) is 2.05. The maximum Gasteiger partial charge on any atom is 0.114 e. The molecule has 1 fully saturated rings. The van der Waals surface area contributed by atoms with Gasteiger partial charge in [-0.15, -0.1) is 0 Å². The van der Waals surface area contributed by atoms with Crippen molar-refractivity contribution in [3.63, 3.8) is 0 Å². The monoisotopic (exact) mass is 228 g/mol. The number of likely N-dealkylation sites (tertiary alicyclic amines) is 1. The summed E-state index contributed by atoms with van der Waals surface area (Å²) in [5.74, 6) is 1.57. The number of hydrogen-bond acceptors (Lipinski definition) is 2. The van der Waals surface area contributed by atoms with E-state index in [0.717, 1.165) is 29.9 Å². The first-order valence-electron chi connectivity index (χ1n) is 6.09. The van der Waals surface area contributed by atoms with Gasteiger partial charge in [0.2, 0.25) is 0 Å². The average Bonchev–Trinajstić information content (AvgIpc) is 2.97. The summed E-state index contributed by atoms with van der Waals surface area (Å²) in [6, 6.07) is 7.99. The fourth-order valence-corrected chi connectivity index (χ4v) is 2.35. The molecule has 0 spiro atoms. The zero-order valence-electron chi connectivity index (χ0n) is 9.74. The Morgan fingerprint density at radius 2 is 2.06 bits per heavy atom. The van der Waals surface area contributed by atoms with Gasteiger partial charge in [-0.1, -0.05) is 12.1 Å². The largest absolute Gasteiger partial charge is 0.360 e. The second kappa shape index (κ2) is 4.20. The van der Waals surface area contributed by atoms with Gasteiger partial charge in [0.25, 0.3) is 0 Å². The van der Waals surface area contributed by atoms with Crippen LogP contribution in [0.2, 0.25) is 0 Å². The second-order valence-electron chi connectivity index (χ2n) is 4.52. The van der Waals surface area contributed by atoms with Gasteiger partial charge in [0.05, 0.1) is 17.5 Å². The smallest absolute Gasteiger partial charge is 0.114 e. The highest BCUT2D eigenvalue weighted by Gasteiger charge is 2.16. The highest BCUT2D eigenvalue weighted by atomic mass is 15.2. The molecule has 2 N–H and O–H groups in total. The molecule has 88 valence electrons. The number of aromatic nitrogens is 2. The van der Waals surface area contributed by atoms with E-state index in [1.165, 1.54) is 12.8 Å². The van der Waals surface area contributed by atoms with E-state index in [2.05, 4.69) is 14.9 Å². The van der Waals surface area contributed by atoms with E-state index < -0.39 is 0 Å². The van der Waals surface area contributed by atoms with Crippen LogP contribution in [0.5, 0.6) is 0 Å². The van der Waals surface area contributed by atoms with Crippen molar-refractivity contribution in [2.75, 3.05) is 13.1 Å². The zero-order chi connectivity index (χ0) is 11.7. The Morgan fingerprint density at radius 1 is 1.29 bits per heavy atom. The van der Waals surface area contributed by atoms with Crippen LogP contribution in [-0.2, 0) is 6.42 Å². The van der Waals surface area contributed by atoms with E-state index in [-0.39, 0.29) is 0 Å². The molecule has 2 heterocycles. The number of para-hydroxylation sites is 2. The third kappa shape index (κ3) is 2.02. The number of hydrogen-bond donors (Lipinski definition) is 2. The molecule has 4 nitrogen and oxygen atoms in total. The fourth-order valence-electron chi connectivity index (χ4n) is 2.35. The lowest BCUT2D eigenvalue weighted by Gasteiger charge is -2.17. The van der Waals surface area contributed by atoms with Gasteiger partial charge in [-0.25, -0.2) is 4.98 Å². The van der Waals surface area contributed by atoms with Crippen LogP contribution in [0.15, 0.2) is 24.3 Å². The fraction of sp³-hybridized carbons (Fsp3) is 0.385. The van der Waals surface area contributed by atoms with Crippen LogP contribution in [0.3, 0.4) is 0 Å². The van der Waals surface area contributed by atoms with Crippen molar-refractivity contribution in [1.82, 2.24) is 14.9 Å². The Morgan fingerprint density at radius 3 is 2.82 bits per heavy atom. The van der Waals surface area contributed by atoms with E-state index in [1.807, 2.05) is 24.3 Å². The van der Waals surface area contributed by atoms with Crippen molar-refractivity contribution in [2.45, 2.75) is 19.3 Å². The van der Waals surface area contributed by atoms with Crippen molar-refractivity contribution >= 4 is 16.9 Å². The molecule has 1 aliphatic heterocycles. The summed E-state index contributed by atoms with van der Waals surface area (Å²) in [4.78, 5) is 9.92. The van der Waals surface area contributed by atoms with Crippen molar-refractivity contribution in [3.8, 4) is 0 Å². The molecule has 0 unspecified atom stereocenters. The number of fused-ring (bicyclic) bond motifs is 1. The van der Waals surface area contributed by atoms with E-state index >= 15 is 0 Å². The Labute approximate surface area is 100 Å². The van der Waals surface area contributed by atoms with Gasteiger partial charge in [0, 0.05) is 13.1 Å². The van der Waals surface area contributed by atoms with E-state index in [1.54, 1.807) is 0 Å². The van der Waals surface area contributed by atoms with E-state index in [4.69, 9.17) is 5.41 Å². The maximum atomic E-state index is 8.06. The molecule has 0 radical (unpaired) electrons. The third-order valence-corrected chi connectivity index (χ3v) is 3.26. The van der Waals surface area contributed by atoms with Crippen molar-refractivity contribution in [1.29, 1.82) is 5.41 Å². The summed E-state index contributed by atoms with van der Waals surface area (Å²) in [5.41, 5.74) is 2.04. The first kappa shape index (κ1) is 10.3. The number of rotatable bonds is 2. The minimum atomic E-state index is 0.606. The van der Waals surface area contributed by atoms with Crippen LogP contribution < -0.4 is 0 Å². The SMILES string of the molecule is N=C(Cc1nc2ccccc2[nH]1)N1CCCC1. The lowest BCUT2D eigenvalue weighted by Crippen LogP contribution is -2.28. The van der Waals surface area contributed by atoms with Gasteiger partial charge < -0.3 is 9.88 Å². The predicted molar refractivity (Wildman–Crippen MR) is 68.3 cm³/mol. The topological polar surface area (TPSA) is 55.8 Å². The van der Waals surface area contributed by atoms with Crippen LogP contribution in [0, 0.1) is 5.41 Å². The highest BCUT2D eigenvalue weighted by Crippen LogP contribution is 2.13. The molecular formula is C13H16N4. The quantitative estimate of drug-likeness (QED) is 0.611. The van der Waals surface area contributed by atoms with Crippen LogP contribution >= 0.6 is 0 Å². The summed E-state index contributed by atoms with van der Waals surface area (Å²) < 4.78 is 0. The normalized spacial score (nSPS) is 15.6. The number of benzene rings is 1. The molecule has 17 heavy (non-hydrogen) atoms. The number of aromatic amines is 1. The molecule has 1 aliphatic rings. The maximum absolute atomic E-state index is 8.06. The Balaban J connectivity index is 1.77. The number of nitrogens with one attached hydrogen (secondary N) is 2. The standard InChI is InChI=1S/C13H16N4/c14-12(17-7-3-4-8-17)9-13-15-10-5-1-2-6-11(10)16-13/h1-2,5-6,14H,3-4,7-9H2,(H,15,16). The molecule has 1 aromatic carbocycles. The van der Waals surface area contributed by atoms with Gasteiger partial charge in [0.1, 0.15) is 11.7 Å². The molecule has 0 bridgehead atoms. The molecule has 0 aliphatic carbocycles.